The Bertz CT molecular complexity index is 3150. The molecule has 0 heterocycles. The van der Waals surface area contributed by atoms with Crippen LogP contribution in [0.25, 0.3) is 56.7 Å². The minimum atomic E-state index is -0.633. The molecule has 1 heteroatoms. The van der Waals surface area contributed by atoms with Gasteiger partial charge in [0.1, 0.15) is 0 Å². The lowest BCUT2D eigenvalue weighted by Gasteiger charge is -2.48. The summed E-state index contributed by atoms with van der Waals surface area (Å²) in [5, 5.41) is 0. The Morgan fingerprint density at radius 2 is 1.08 bits per heavy atom. The number of para-hydroxylation sites is 1. The van der Waals surface area contributed by atoms with Gasteiger partial charge in [-0.15, -0.1) is 0 Å². The average molecular weight is 780 g/mol. The maximum absolute atomic E-state index is 2.73. The van der Waals surface area contributed by atoms with Gasteiger partial charge in [-0.25, -0.2) is 0 Å². The normalized spacial score (nSPS) is 17.5. The summed E-state index contributed by atoms with van der Waals surface area (Å²) in [5.41, 5.74) is 24.8. The number of nitrogens with zero attached hydrogens (tertiary/aromatic N) is 1. The van der Waals surface area contributed by atoms with Crippen molar-refractivity contribution in [2.75, 3.05) is 4.90 Å². The first kappa shape index (κ1) is 35.7. The van der Waals surface area contributed by atoms with Crippen molar-refractivity contribution in [1.29, 1.82) is 0 Å². The predicted molar refractivity (Wildman–Crippen MR) is 257 cm³/mol. The highest BCUT2D eigenvalue weighted by atomic mass is 15.2. The molecule has 5 aliphatic carbocycles. The largest absolute Gasteiger partial charge is 0.311 e. The van der Waals surface area contributed by atoms with Gasteiger partial charge in [0.05, 0.1) is 11.1 Å². The molecule has 0 radical (unpaired) electrons. The zero-order chi connectivity index (χ0) is 40.9. The van der Waals surface area contributed by atoms with E-state index in [1.54, 1.807) is 0 Å². The first-order valence-electron chi connectivity index (χ1n) is 21.6. The van der Waals surface area contributed by atoms with Crippen molar-refractivity contribution in [3.05, 3.63) is 250 Å². The molecule has 61 heavy (non-hydrogen) atoms. The minimum Gasteiger partial charge on any atom is -0.311 e. The number of hydrogen-bond donors (Lipinski definition) is 0. The topological polar surface area (TPSA) is 3.24 Å². The monoisotopic (exact) mass is 779 g/mol. The maximum Gasteiger partial charge on any atom is 0.0803 e. The van der Waals surface area contributed by atoms with Gasteiger partial charge in [0.25, 0.3) is 0 Å². The van der Waals surface area contributed by atoms with Crippen molar-refractivity contribution in [2.45, 2.75) is 32.6 Å². The Kier molecular flexibility index (Phi) is 7.84. The van der Waals surface area contributed by atoms with Gasteiger partial charge in [0.15, 0.2) is 0 Å². The predicted octanol–water partition coefficient (Wildman–Crippen LogP) is 15.4. The van der Waals surface area contributed by atoms with Crippen molar-refractivity contribution < 1.29 is 0 Å². The first-order chi connectivity index (χ1) is 29.9. The molecule has 1 nitrogen and oxygen atoms in total. The standard InChI is InChI=1S/C60H45N/c1-59(2,3)52-30-16-17-31-55(52)61(58-51-35-41-23-10-15-28-46(41)50(51)38-49(39-19-6-4-7-20-39)57(58)40-21-8-5-9-22-40)56-33-32-48-45-27-14-12-25-43(45)37-54(48)60(56)34-18-29-47-44-26-13-11-24-42(44)36-53(47)60/h4-34,36-38H,35H2,1-3H3. The molecule has 1 atom stereocenters. The fourth-order valence-corrected chi connectivity index (χ4v) is 10.9. The van der Waals surface area contributed by atoms with Crippen LogP contribution in [0.15, 0.2) is 211 Å². The van der Waals surface area contributed by atoms with Crippen LogP contribution in [-0.4, -0.2) is 0 Å². The SMILES string of the molecule is CC(C)(C)c1ccccc1N(C1=CC=C2C(=Cc3ccccc32)C12C=CC=C1C2=Cc2ccccc21)c1c2c(cc(-c3ccccc3)c1-c1ccccc1)-c1ccccc1C2. The van der Waals surface area contributed by atoms with Crippen LogP contribution in [0.5, 0.6) is 0 Å². The van der Waals surface area contributed by atoms with Crippen LogP contribution >= 0.6 is 0 Å². The number of anilines is 2. The summed E-state index contributed by atoms with van der Waals surface area (Å²) in [6, 6.07) is 60.8. The third kappa shape index (κ3) is 5.26. The van der Waals surface area contributed by atoms with Crippen molar-refractivity contribution in [1.82, 2.24) is 0 Å². The molecule has 1 unspecified atom stereocenters. The lowest BCUT2D eigenvalue weighted by atomic mass is 9.62. The Hall–Kier alpha value is -7.22. The quantitative estimate of drug-likeness (QED) is 0.168. The second-order valence-electron chi connectivity index (χ2n) is 18.0. The Labute approximate surface area is 359 Å². The van der Waals surface area contributed by atoms with E-state index in [0.717, 1.165) is 6.42 Å². The van der Waals surface area contributed by atoms with Crippen molar-refractivity contribution in [3.63, 3.8) is 0 Å². The van der Waals surface area contributed by atoms with Gasteiger partial charge in [0, 0.05) is 23.4 Å². The number of rotatable bonds is 5. The van der Waals surface area contributed by atoms with E-state index >= 15 is 0 Å². The zero-order valence-corrected chi connectivity index (χ0v) is 34.8. The van der Waals surface area contributed by atoms with Crippen molar-refractivity contribution >= 4 is 34.7 Å². The summed E-state index contributed by atoms with van der Waals surface area (Å²) in [5.74, 6) is 0. The zero-order valence-electron chi connectivity index (χ0n) is 34.8. The van der Waals surface area contributed by atoms with Crippen LogP contribution in [0.3, 0.4) is 0 Å². The minimum absolute atomic E-state index is 0.159. The summed E-state index contributed by atoms with van der Waals surface area (Å²) in [4.78, 5) is 2.73. The number of allylic oxidation sites excluding steroid dienone is 7. The van der Waals surface area contributed by atoms with Gasteiger partial charge in [-0.3, -0.25) is 0 Å². The molecule has 0 aliphatic heterocycles. The van der Waals surface area contributed by atoms with Crippen LogP contribution < -0.4 is 4.90 Å². The number of hydrogen-bond acceptors (Lipinski definition) is 1. The molecule has 0 saturated heterocycles. The van der Waals surface area contributed by atoms with E-state index in [1.807, 2.05) is 0 Å². The highest BCUT2D eigenvalue weighted by Gasteiger charge is 2.51. The van der Waals surface area contributed by atoms with E-state index in [-0.39, 0.29) is 5.41 Å². The third-order valence-corrected chi connectivity index (χ3v) is 13.6. The van der Waals surface area contributed by atoms with Gasteiger partial charge in [-0.1, -0.05) is 197 Å². The van der Waals surface area contributed by atoms with E-state index in [1.165, 1.54) is 112 Å². The van der Waals surface area contributed by atoms with Crippen LogP contribution in [0.2, 0.25) is 0 Å². The van der Waals surface area contributed by atoms with E-state index in [2.05, 4.69) is 232 Å². The van der Waals surface area contributed by atoms with Gasteiger partial charge >= 0.3 is 0 Å². The molecule has 0 aromatic heterocycles. The molecule has 0 N–H and O–H groups in total. The summed E-state index contributed by atoms with van der Waals surface area (Å²) in [7, 11) is 0. The molecule has 7 aromatic rings. The van der Waals surface area contributed by atoms with E-state index < -0.39 is 5.41 Å². The summed E-state index contributed by atoms with van der Waals surface area (Å²) in [6.07, 6.45) is 17.9. The van der Waals surface area contributed by atoms with E-state index in [0.29, 0.717) is 0 Å². The highest BCUT2D eigenvalue weighted by Crippen LogP contribution is 2.65. The molecule has 12 rings (SSSR count). The fourth-order valence-electron chi connectivity index (χ4n) is 10.9. The van der Waals surface area contributed by atoms with Crippen LogP contribution in [-0.2, 0) is 11.8 Å². The molecule has 0 fully saturated rings. The van der Waals surface area contributed by atoms with E-state index in [4.69, 9.17) is 0 Å². The second-order valence-corrected chi connectivity index (χ2v) is 18.0. The number of benzene rings is 7. The summed E-state index contributed by atoms with van der Waals surface area (Å²) in [6.45, 7) is 7.08. The fraction of sp³-hybridized carbons (Fsp3) is 0.100. The van der Waals surface area contributed by atoms with Gasteiger partial charge in [-0.05, 0) is 125 Å². The molecular weight excluding hydrogens is 735 g/mol. The Morgan fingerprint density at radius 1 is 0.508 bits per heavy atom. The molecule has 5 aliphatic rings. The highest BCUT2D eigenvalue weighted by molar-refractivity contribution is 6.09. The number of fused-ring (bicyclic) bond motifs is 11. The molecule has 0 bridgehead atoms. The van der Waals surface area contributed by atoms with Crippen LogP contribution in [0.1, 0.15) is 59.7 Å². The molecule has 0 amide bonds. The lowest BCUT2D eigenvalue weighted by Crippen LogP contribution is -2.38. The van der Waals surface area contributed by atoms with Crippen LogP contribution in [0.4, 0.5) is 11.4 Å². The van der Waals surface area contributed by atoms with E-state index in [9.17, 15) is 0 Å². The summed E-state index contributed by atoms with van der Waals surface area (Å²) >= 11 is 0. The Morgan fingerprint density at radius 3 is 1.77 bits per heavy atom. The maximum atomic E-state index is 2.73. The van der Waals surface area contributed by atoms with Crippen molar-refractivity contribution in [2.24, 2.45) is 5.41 Å². The molecule has 7 aromatic carbocycles. The smallest absolute Gasteiger partial charge is 0.0803 e. The lowest BCUT2D eigenvalue weighted by molar-refractivity contribution is 0.588. The molecule has 290 valence electrons. The average Bonchev–Trinajstić information content (AvgIpc) is 4.00. The second kappa shape index (κ2) is 13.4. The molecule has 0 saturated carbocycles. The van der Waals surface area contributed by atoms with Gasteiger partial charge in [-0.2, -0.15) is 0 Å². The van der Waals surface area contributed by atoms with Crippen LogP contribution in [0, 0.1) is 5.41 Å². The Balaban J connectivity index is 1.26. The first-order valence-corrected chi connectivity index (χ1v) is 21.6. The van der Waals surface area contributed by atoms with Gasteiger partial charge < -0.3 is 4.90 Å². The van der Waals surface area contributed by atoms with Crippen molar-refractivity contribution in [3.8, 4) is 33.4 Å². The molecular formula is C60H45N. The third-order valence-electron chi connectivity index (χ3n) is 13.6. The molecule has 1 spiro atoms. The van der Waals surface area contributed by atoms with Gasteiger partial charge in [0.2, 0.25) is 0 Å². The summed E-state index contributed by atoms with van der Waals surface area (Å²) < 4.78 is 0.